The van der Waals surface area contributed by atoms with Gasteiger partial charge in [0.05, 0.1) is 31.9 Å². The van der Waals surface area contributed by atoms with Crippen molar-refractivity contribution in [3.8, 4) is 0 Å². The van der Waals surface area contributed by atoms with Gasteiger partial charge in [-0.3, -0.25) is 9.69 Å². The van der Waals surface area contributed by atoms with Crippen LogP contribution in [0.2, 0.25) is 0 Å². The molecule has 0 saturated carbocycles. The summed E-state index contributed by atoms with van der Waals surface area (Å²) in [6.45, 7) is 2.31. The summed E-state index contributed by atoms with van der Waals surface area (Å²) in [5, 5.41) is 0. The van der Waals surface area contributed by atoms with Gasteiger partial charge in [-0.25, -0.2) is 4.79 Å². The second kappa shape index (κ2) is 11.2. The number of Topliss-reactive ketones (excluding diaryl/α,β-unsaturated/α-hetero) is 1. The van der Waals surface area contributed by atoms with Gasteiger partial charge < -0.3 is 14.2 Å². The van der Waals surface area contributed by atoms with Gasteiger partial charge in [0.15, 0.2) is 0 Å². The van der Waals surface area contributed by atoms with Gasteiger partial charge in [-0.2, -0.15) is 0 Å². The van der Waals surface area contributed by atoms with Gasteiger partial charge in [-0.05, 0) is 30.4 Å². The van der Waals surface area contributed by atoms with E-state index in [0.29, 0.717) is 45.7 Å². The predicted octanol–water partition coefficient (Wildman–Crippen LogP) is 4.37. The zero-order valence-corrected chi connectivity index (χ0v) is 18.4. The Balaban J connectivity index is 1.21. The minimum absolute atomic E-state index is 0.0267. The maximum absolute atomic E-state index is 12.8. The summed E-state index contributed by atoms with van der Waals surface area (Å²) in [6.07, 6.45) is 2.20. The fourth-order valence-corrected chi connectivity index (χ4v) is 4.59. The van der Waals surface area contributed by atoms with E-state index < -0.39 is 0 Å². The van der Waals surface area contributed by atoms with Crippen molar-refractivity contribution in [1.82, 2.24) is 4.90 Å². The van der Waals surface area contributed by atoms with Crippen molar-refractivity contribution >= 4 is 11.9 Å². The van der Waals surface area contributed by atoms with E-state index in [2.05, 4.69) is 0 Å². The van der Waals surface area contributed by atoms with Crippen LogP contribution in [-0.2, 0) is 32.2 Å². The standard InChI is InChI=1S/C26H31NO5/c28-25(12-7-13-30-16-20-8-3-1-4-9-20)22-14-23-18-31-19-24(15-22)27(23)26(29)32-17-21-10-5-2-6-11-21/h1-6,8-11,22-24H,7,12-19H2. The Morgan fingerprint density at radius 3 is 2.09 bits per heavy atom. The lowest BCUT2D eigenvalue weighted by molar-refractivity contribution is -0.131. The van der Waals surface area contributed by atoms with E-state index in [1.807, 2.05) is 60.7 Å². The molecule has 6 nitrogen and oxygen atoms in total. The maximum Gasteiger partial charge on any atom is 0.410 e. The van der Waals surface area contributed by atoms with E-state index in [1.165, 1.54) is 0 Å². The highest BCUT2D eigenvalue weighted by atomic mass is 16.6. The topological polar surface area (TPSA) is 65.1 Å². The molecule has 2 saturated heterocycles. The molecule has 0 radical (unpaired) electrons. The number of rotatable bonds is 9. The number of morpholine rings is 1. The van der Waals surface area contributed by atoms with Gasteiger partial charge in [-0.1, -0.05) is 60.7 Å². The van der Waals surface area contributed by atoms with Crippen LogP contribution in [0.4, 0.5) is 4.79 Å². The molecule has 2 aliphatic heterocycles. The summed E-state index contributed by atoms with van der Waals surface area (Å²) in [5.41, 5.74) is 2.10. The van der Waals surface area contributed by atoms with E-state index in [0.717, 1.165) is 17.5 Å². The molecule has 2 heterocycles. The molecule has 0 N–H and O–H groups in total. The smallest absolute Gasteiger partial charge is 0.410 e. The minimum atomic E-state index is -0.313. The first kappa shape index (κ1) is 22.5. The van der Waals surface area contributed by atoms with Crippen molar-refractivity contribution in [1.29, 1.82) is 0 Å². The summed E-state index contributed by atoms with van der Waals surface area (Å²) in [4.78, 5) is 27.4. The molecule has 4 rings (SSSR count). The molecule has 32 heavy (non-hydrogen) atoms. The van der Waals surface area contributed by atoms with Gasteiger partial charge in [-0.15, -0.1) is 0 Å². The van der Waals surface area contributed by atoms with Crippen molar-refractivity contribution in [3.05, 3.63) is 71.8 Å². The number of nitrogens with zero attached hydrogens (tertiary/aromatic N) is 1. The van der Waals surface area contributed by atoms with E-state index in [1.54, 1.807) is 4.90 Å². The monoisotopic (exact) mass is 437 g/mol. The van der Waals surface area contributed by atoms with Gasteiger partial charge >= 0.3 is 6.09 Å². The Morgan fingerprint density at radius 1 is 0.875 bits per heavy atom. The third kappa shape index (κ3) is 5.96. The lowest BCUT2D eigenvalue weighted by Gasteiger charge is -2.47. The molecule has 2 aromatic rings. The molecule has 170 valence electrons. The van der Waals surface area contributed by atoms with Crippen LogP contribution < -0.4 is 0 Å². The molecular weight excluding hydrogens is 406 g/mol. The lowest BCUT2D eigenvalue weighted by atomic mass is 9.81. The molecule has 2 atom stereocenters. The Hall–Kier alpha value is -2.70. The number of carbonyl (C=O) groups is 2. The van der Waals surface area contributed by atoms with E-state index >= 15 is 0 Å². The highest BCUT2D eigenvalue weighted by Crippen LogP contribution is 2.33. The first-order valence-corrected chi connectivity index (χ1v) is 11.4. The number of amides is 1. The molecule has 0 aromatic heterocycles. The minimum Gasteiger partial charge on any atom is -0.445 e. The Kier molecular flexibility index (Phi) is 7.91. The zero-order chi connectivity index (χ0) is 22.2. The Labute approximate surface area is 189 Å². The summed E-state index contributed by atoms with van der Waals surface area (Å²) in [7, 11) is 0. The first-order chi connectivity index (χ1) is 15.7. The highest BCUT2D eigenvalue weighted by Gasteiger charge is 2.44. The second-order valence-corrected chi connectivity index (χ2v) is 8.57. The number of carbonyl (C=O) groups excluding carboxylic acids is 2. The largest absolute Gasteiger partial charge is 0.445 e. The summed E-state index contributed by atoms with van der Waals surface area (Å²) < 4.78 is 16.9. The fourth-order valence-electron chi connectivity index (χ4n) is 4.59. The molecule has 0 aliphatic carbocycles. The molecule has 0 spiro atoms. The predicted molar refractivity (Wildman–Crippen MR) is 120 cm³/mol. The van der Waals surface area contributed by atoms with Crippen LogP contribution in [-0.4, -0.2) is 48.7 Å². The SMILES string of the molecule is O=C(CCCOCc1ccccc1)C1CC2COCC(C1)N2C(=O)OCc1ccccc1. The van der Waals surface area contributed by atoms with Crippen LogP contribution >= 0.6 is 0 Å². The van der Waals surface area contributed by atoms with E-state index in [4.69, 9.17) is 14.2 Å². The van der Waals surface area contributed by atoms with Gasteiger partial charge in [0.25, 0.3) is 0 Å². The second-order valence-electron chi connectivity index (χ2n) is 8.57. The number of fused-ring (bicyclic) bond motifs is 2. The molecule has 2 aromatic carbocycles. The fraction of sp³-hybridized carbons (Fsp3) is 0.462. The number of ketones is 1. The summed E-state index contributed by atoms with van der Waals surface area (Å²) >= 11 is 0. The molecule has 2 aliphatic rings. The van der Waals surface area contributed by atoms with Crippen LogP contribution in [0.1, 0.15) is 36.8 Å². The average molecular weight is 438 g/mol. The van der Waals surface area contributed by atoms with Crippen molar-refractivity contribution in [2.24, 2.45) is 5.92 Å². The summed E-state index contributed by atoms with van der Waals surface area (Å²) in [5.74, 6) is 0.240. The van der Waals surface area contributed by atoms with Crippen LogP contribution in [0, 0.1) is 5.92 Å². The van der Waals surface area contributed by atoms with Crippen molar-refractivity contribution in [2.45, 2.75) is 51.0 Å². The maximum atomic E-state index is 12.8. The van der Waals surface area contributed by atoms with Crippen LogP contribution in [0.25, 0.3) is 0 Å². The van der Waals surface area contributed by atoms with E-state index in [-0.39, 0.29) is 36.5 Å². The number of piperidine rings is 1. The number of benzene rings is 2. The van der Waals surface area contributed by atoms with Gasteiger partial charge in [0, 0.05) is 18.9 Å². The Morgan fingerprint density at radius 2 is 1.47 bits per heavy atom. The first-order valence-electron chi connectivity index (χ1n) is 11.4. The van der Waals surface area contributed by atoms with Crippen LogP contribution in [0.15, 0.2) is 60.7 Å². The quantitative estimate of drug-likeness (QED) is 0.545. The molecule has 6 heteroatoms. The number of hydrogen-bond acceptors (Lipinski definition) is 5. The van der Waals surface area contributed by atoms with Crippen molar-refractivity contribution < 1.29 is 23.8 Å². The zero-order valence-electron chi connectivity index (χ0n) is 18.4. The number of hydrogen-bond donors (Lipinski definition) is 0. The average Bonchev–Trinajstić information content (AvgIpc) is 2.82. The van der Waals surface area contributed by atoms with Crippen LogP contribution in [0.5, 0.6) is 0 Å². The molecule has 2 fully saturated rings. The highest BCUT2D eigenvalue weighted by molar-refractivity contribution is 5.81. The van der Waals surface area contributed by atoms with Crippen molar-refractivity contribution in [3.63, 3.8) is 0 Å². The molecule has 1 amide bonds. The summed E-state index contributed by atoms with van der Waals surface area (Å²) in [6, 6.07) is 19.5. The van der Waals surface area contributed by atoms with E-state index in [9.17, 15) is 9.59 Å². The number of ether oxygens (including phenoxy) is 3. The third-order valence-corrected chi connectivity index (χ3v) is 6.22. The third-order valence-electron chi connectivity index (χ3n) is 6.22. The van der Waals surface area contributed by atoms with Crippen LogP contribution in [0.3, 0.4) is 0 Å². The molecule has 2 unspecified atom stereocenters. The van der Waals surface area contributed by atoms with Gasteiger partial charge in [0.2, 0.25) is 0 Å². The normalized spacial score (nSPS) is 22.4. The molecule has 2 bridgehead atoms. The lowest BCUT2D eigenvalue weighted by Crippen LogP contribution is -2.59. The molecular formula is C26H31NO5. The van der Waals surface area contributed by atoms with Crippen molar-refractivity contribution in [2.75, 3.05) is 19.8 Å². The van der Waals surface area contributed by atoms with Gasteiger partial charge in [0.1, 0.15) is 12.4 Å². The Bertz CT molecular complexity index is 858.